The maximum Gasteiger partial charge on any atom is 0.263 e. The SMILES string of the molecule is CCOc1c(NC(=O)c2cccn(C)c2=O)cn2cc(CCC(C)(C)O)nc2c1F. The fourth-order valence-electron chi connectivity index (χ4n) is 3.01. The molecule has 0 aliphatic heterocycles. The lowest BCUT2D eigenvalue weighted by atomic mass is 10.0. The second kappa shape index (κ2) is 8.27. The van der Waals surface area contributed by atoms with E-state index in [1.807, 2.05) is 0 Å². The summed E-state index contributed by atoms with van der Waals surface area (Å²) in [6.07, 6.45) is 5.58. The van der Waals surface area contributed by atoms with Crippen molar-refractivity contribution in [1.29, 1.82) is 0 Å². The van der Waals surface area contributed by atoms with Gasteiger partial charge >= 0.3 is 0 Å². The second-order valence-electron chi connectivity index (χ2n) is 7.69. The van der Waals surface area contributed by atoms with Crippen LogP contribution in [0.25, 0.3) is 5.65 Å². The number of hydrogen-bond donors (Lipinski definition) is 2. The van der Waals surface area contributed by atoms with E-state index < -0.39 is 22.9 Å². The van der Waals surface area contributed by atoms with Gasteiger partial charge in [-0.1, -0.05) is 0 Å². The van der Waals surface area contributed by atoms with E-state index in [-0.39, 0.29) is 29.3 Å². The lowest BCUT2D eigenvalue weighted by Gasteiger charge is -2.15. The molecule has 30 heavy (non-hydrogen) atoms. The van der Waals surface area contributed by atoms with Crippen LogP contribution in [0.1, 0.15) is 43.2 Å². The van der Waals surface area contributed by atoms with Gasteiger partial charge in [0.1, 0.15) is 11.3 Å². The van der Waals surface area contributed by atoms with Gasteiger partial charge in [0.05, 0.1) is 17.9 Å². The molecule has 0 aliphatic rings. The third kappa shape index (κ3) is 4.51. The summed E-state index contributed by atoms with van der Waals surface area (Å²) in [7, 11) is 1.54. The highest BCUT2D eigenvalue weighted by molar-refractivity contribution is 6.04. The second-order valence-corrected chi connectivity index (χ2v) is 7.69. The van der Waals surface area contributed by atoms with Gasteiger partial charge in [0.25, 0.3) is 11.5 Å². The van der Waals surface area contributed by atoms with E-state index in [1.165, 1.54) is 34.5 Å². The van der Waals surface area contributed by atoms with Crippen LogP contribution in [0.2, 0.25) is 0 Å². The molecule has 0 saturated heterocycles. The molecular formula is C21H25FN4O4. The van der Waals surface area contributed by atoms with E-state index in [0.717, 1.165) is 0 Å². The molecule has 160 valence electrons. The molecule has 0 radical (unpaired) electrons. The van der Waals surface area contributed by atoms with Crippen molar-refractivity contribution in [2.24, 2.45) is 7.05 Å². The number of carbonyl (C=O) groups excluding carboxylic acids is 1. The molecule has 0 atom stereocenters. The number of halogens is 1. The first-order valence-electron chi connectivity index (χ1n) is 9.63. The molecular weight excluding hydrogens is 391 g/mol. The third-order valence-electron chi connectivity index (χ3n) is 4.59. The average molecular weight is 416 g/mol. The number of fused-ring (bicyclic) bond motifs is 1. The summed E-state index contributed by atoms with van der Waals surface area (Å²) in [5.74, 6) is -1.53. The molecule has 2 N–H and O–H groups in total. The van der Waals surface area contributed by atoms with Crippen molar-refractivity contribution in [1.82, 2.24) is 14.0 Å². The number of amides is 1. The predicted octanol–water partition coefficient (Wildman–Crippen LogP) is 2.53. The number of anilines is 1. The number of carbonyl (C=O) groups is 1. The van der Waals surface area contributed by atoms with Crippen LogP contribution >= 0.6 is 0 Å². The van der Waals surface area contributed by atoms with Gasteiger partial charge in [-0.2, -0.15) is 4.39 Å². The van der Waals surface area contributed by atoms with E-state index in [0.29, 0.717) is 18.5 Å². The molecule has 0 aliphatic carbocycles. The zero-order chi connectivity index (χ0) is 22.1. The minimum absolute atomic E-state index is 0.0535. The summed E-state index contributed by atoms with van der Waals surface area (Å²) in [5, 5.41) is 12.5. The Morgan fingerprint density at radius 3 is 2.77 bits per heavy atom. The number of aryl methyl sites for hydroxylation is 2. The maximum absolute atomic E-state index is 15.1. The monoisotopic (exact) mass is 416 g/mol. The predicted molar refractivity (Wildman–Crippen MR) is 111 cm³/mol. The van der Waals surface area contributed by atoms with Crippen LogP contribution in [0.5, 0.6) is 5.75 Å². The highest BCUT2D eigenvalue weighted by Gasteiger charge is 2.21. The molecule has 9 heteroatoms. The van der Waals surface area contributed by atoms with Crippen LogP contribution in [0.3, 0.4) is 0 Å². The average Bonchev–Trinajstić information content (AvgIpc) is 3.08. The highest BCUT2D eigenvalue weighted by atomic mass is 19.1. The number of ether oxygens (including phenoxy) is 1. The molecule has 1 amide bonds. The molecule has 3 heterocycles. The van der Waals surface area contributed by atoms with Crippen LogP contribution in [0.15, 0.2) is 35.5 Å². The molecule has 0 spiro atoms. The van der Waals surface area contributed by atoms with Gasteiger partial charge in [0, 0.05) is 25.6 Å². The van der Waals surface area contributed by atoms with Crippen LogP contribution in [-0.2, 0) is 13.5 Å². The van der Waals surface area contributed by atoms with Gasteiger partial charge in [0.15, 0.2) is 11.4 Å². The first-order chi connectivity index (χ1) is 14.1. The summed E-state index contributed by atoms with van der Waals surface area (Å²) in [6.45, 7) is 5.26. The van der Waals surface area contributed by atoms with Crippen LogP contribution in [0, 0.1) is 5.82 Å². The van der Waals surface area contributed by atoms with Gasteiger partial charge in [-0.25, -0.2) is 4.98 Å². The Morgan fingerprint density at radius 2 is 2.10 bits per heavy atom. The van der Waals surface area contributed by atoms with Crippen molar-refractivity contribution in [2.75, 3.05) is 11.9 Å². The minimum Gasteiger partial charge on any atom is -0.488 e. The van der Waals surface area contributed by atoms with Crippen LogP contribution < -0.4 is 15.6 Å². The number of aliphatic hydroxyl groups is 1. The largest absolute Gasteiger partial charge is 0.488 e. The Morgan fingerprint density at radius 1 is 1.37 bits per heavy atom. The van der Waals surface area contributed by atoms with E-state index in [1.54, 1.807) is 33.0 Å². The molecule has 3 rings (SSSR count). The number of aromatic nitrogens is 3. The summed E-state index contributed by atoms with van der Waals surface area (Å²) in [6, 6.07) is 2.98. The van der Waals surface area contributed by atoms with Gasteiger partial charge in [-0.3, -0.25) is 9.59 Å². The van der Waals surface area contributed by atoms with Crippen molar-refractivity contribution < 1.29 is 19.0 Å². The number of nitrogens with one attached hydrogen (secondary N) is 1. The number of hydrogen-bond acceptors (Lipinski definition) is 5. The quantitative estimate of drug-likeness (QED) is 0.617. The fraction of sp³-hybridized carbons (Fsp3) is 0.381. The Balaban J connectivity index is 2.00. The van der Waals surface area contributed by atoms with Gasteiger partial charge in [-0.15, -0.1) is 0 Å². The Kier molecular flexibility index (Phi) is 5.93. The normalized spacial score (nSPS) is 11.7. The van der Waals surface area contributed by atoms with E-state index >= 15 is 4.39 Å². The van der Waals surface area contributed by atoms with Crippen LogP contribution in [-0.4, -0.2) is 37.2 Å². The van der Waals surface area contributed by atoms with Crippen molar-refractivity contribution >= 4 is 17.2 Å². The molecule has 3 aromatic heterocycles. The lowest BCUT2D eigenvalue weighted by Crippen LogP contribution is -2.27. The zero-order valence-corrected chi connectivity index (χ0v) is 17.4. The van der Waals surface area contributed by atoms with Crippen molar-refractivity contribution in [2.45, 2.75) is 39.2 Å². The Hall–Kier alpha value is -3.20. The van der Waals surface area contributed by atoms with Gasteiger partial charge in [-0.05, 0) is 45.7 Å². The topological polar surface area (TPSA) is 97.9 Å². The van der Waals surface area contributed by atoms with Gasteiger partial charge < -0.3 is 24.1 Å². The summed E-state index contributed by atoms with van der Waals surface area (Å²) in [4.78, 5) is 29.2. The summed E-state index contributed by atoms with van der Waals surface area (Å²) >= 11 is 0. The molecule has 3 aromatic rings. The number of rotatable bonds is 7. The van der Waals surface area contributed by atoms with E-state index in [9.17, 15) is 14.7 Å². The molecule has 0 saturated carbocycles. The number of imidazole rings is 1. The molecule has 0 unspecified atom stereocenters. The van der Waals surface area contributed by atoms with E-state index in [2.05, 4.69) is 10.3 Å². The first-order valence-corrected chi connectivity index (χ1v) is 9.63. The summed E-state index contributed by atoms with van der Waals surface area (Å²) < 4.78 is 23.3. The zero-order valence-electron chi connectivity index (χ0n) is 17.4. The number of nitrogens with zero attached hydrogens (tertiary/aromatic N) is 3. The maximum atomic E-state index is 15.1. The molecule has 0 aromatic carbocycles. The highest BCUT2D eigenvalue weighted by Crippen LogP contribution is 2.31. The molecule has 8 nitrogen and oxygen atoms in total. The Bertz CT molecular complexity index is 1140. The first kappa shape index (κ1) is 21.5. The standard InChI is InChI=1S/C21H25FN4O4/c1-5-30-17-15(24-19(27)14-7-6-10-25(4)20(14)28)12-26-11-13(8-9-21(2,3)29)23-18(26)16(17)22/h6-7,10-12,29H,5,8-9H2,1-4H3,(H,24,27). The lowest BCUT2D eigenvalue weighted by molar-refractivity contribution is 0.0711. The van der Waals surface area contributed by atoms with E-state index in [4.69, 9.17) is 4.74 Å². The van der Waals surface area contributed by atoms with Crippen molar-refractivity contribution in [3.05, 3.63) is 58.2 Å². The molecule has 0 fully saturated rings. The smallest absolute Gasteiger partial charge is 0.263 e. The van der Waals surface area contributed by atoms with Gasteiger partial charge in [0.2, 0.25) is 5.82 Å². The Labute approximate surface area is 172 Å². The number of pyridine rings is 2. The minimum atomic E-state index is -0.869. The fourth-order valence-corrected chi connectivity index (χ4v) is 3.01. The third-order valence-corrected chi connectivity index (χ3v) is 4.59. The van der Waals surface area contributed by atoms with Crippen molar-refractivity contribution in [3.63, 3.8) is 0 Å². The summed E-state index contributed by atoms with van der Waals surface area (Å²) in [5.41, 5.74) is -0.669. The van der Waals surface area contributed by atoms with Crippen LogP contribution in [0.4, 0.5) is 10.1 Å². The van der Waals surface area contributed by atoms with Crippen molar-refractivity contribution in [3.8, 4) is 5.75 Å². The molecule has 0 bridgehead atoms.